The van der Waals surface area contributed by atoms with Crippen molar-refractivity contribution in [2.24, 2.45) is 0 Å². The van der Waals surface area contributed by atoms with E-state index >= 15 is 0 Å². The molecule has 0 radical (unpaired) electrons. The van der Waals surface area contributed by atoms with Crippen molar-refractivity contribution in [3.63, 3.8) is 0 Å². The maximum absolute atomic E-state index is 5.47. The predicted molar refractivity (Wildman–Crippen MR) is 84.7 cm³/mol. The molecule has 1 N–H and O–H groups in total. The van der Waals surface area contributed by atoms with Crippen LogP contribution >= 0.6 is 23.3 Å². The quantitative estimate of drug-likeness (QED) is 0.758. The van der Waals surface area contributed by atoms with Crippen molar-refractivity contribution >= 4 is 23.3 Å². The van der Waals surface area contributed by atoms with Crippen LogP contribution in [0.15, 0.2) is 34.9 Å². The van der Waals surface area contributed by atoms with Gasteiger partial charge in [-0.15, -0.1) is 0 Å². The van der Waals surface area contributed by atoms with Gasteiger partial charge in [0.2, 0.25) is 0 Å². The van der Waals surface area contributed by atoms with E-state index in [1.165, 1.54) is 17.1 Å². The Labute approximate surface area is 128 Å². The molecule has 0 bridgehead atoms. The van der Waals surface area contributed by atoms with Gasteiger partial charge in [0, 0.05) is 17.4 Å². The van der Waals surface area contributed by atoms with Crippen LogP contribution in [0.1, 0.15) is 24.9 Å². The van der Waals surface area contributed by atoms with E-state index in [4.69, 9.17) is 4.74 Å². The molecule has 0 fully saturated rings. The second kappa shape index (κ2) is 8.24. The number of benzene rings is 1. The third kappa shape index (κ3) is 4.19. The molecule has 108 valence electrons. The zero-order valence-electron chi connectivity index (χ0n) is 11.7. The highest BCUT2D eigenvalue weighted by molar-refractivity contribution is 8.00. The fourth-order valence-electron chi connectivity index (χ4n) is 1.91. The Morgan fingerprint density at radius 3 is 2.95 bits per heavy atom. The van der Waals surface area contributed by atoms with E-state index in [-0.39, 0.29) is 6.04 Å². The first-order valence-corrected chi connectivity index (χ1v) is 8.36. The molecule has 0 aliphatic carbocycles. The molecule has 0 saturated heterocycles. The first kappa shape index (κ1) is 15.3. The maximum Gasteiger partial charge on any atom is 0.169 e. The van der Waals surface area contributed by atoms with E-state index in [9.17, 15) is 0 Å². The number of aromatic nitrogens is 2. The Kier molecular flexibility index (Phi) is 6.29. The number of thioether (sulfide) groups is 1. The minimum absolute atomic E-state index is 0.250. The second-order valence-electron chi connectivity index (χ2n) is 4.27. The number of ether oxygens (including phenoxy) is 1. The smallest absolute Gasteiger partial charge is 0.169 e. The lowest BCUT2D eigenvalue weighted by molar-refractivity contribution is 0.402. The number of nitrogens with zero attached hydrogens (tertiary/aromatic N) is 2. The minimum atomic E-state index is 0.250. The Balaban J connectivity index is 2.09. The average molecular weight is 309 g/mol. The van der Waals surface area contributed by atoms with Crippen LogP contribution in [0.2, 0.25) is 0 Å². The molecule has 0 aliphatic rings. The largest absolute Gasteiger partial charge is 0.496 e. The molecular formula is C14H19N3OS2. The van der Waals surface area contributed by atoms with Crippen molar-refractivity contribution in [1.29, 1.82) is 0 Å². The van der Waals surface area contributed by atoms with Gasteiger partial charge in [0.15, 0.2) is 4.34 Å². The highest BCUT2D eigenvalue weighted by Crippen LogP contribution is 2.30. The molecule has 1 unspecified atom stereocenters. The summed E-state index contributed by atoms with van der Waals surface area (Å²) in [6.45, 7) is 3.16. The average Bonchev–Trinajstić information content (AvgIpc) is 3.01. The van der Waals surface area contributed by atoms with Gasteiger partial charge >= 0.3 is 0 Å². The summed E-state index contributed by atoms with van der Waals surface area (Å²) in [4.78, 5) is 4.22. The summed E-state index contributed by atoms with van der Waals surface area (Å²) in [6, 6.07) is 8.42. The fourth-order valence-corrected chi connectivity index (χ4v) is 3.46. The summed E-state index contributed by atoms with van der Waals surface area (Å²) in [5.74, 6) is 1.84. The normalized spacial score (nSPS) is 12.3. The van der Waals surface area contributed by atoms with E-state index in [1.807, 2.05) is 18.2 Å². The summed E-state index contributed by atoms with van der Waals surface area (Å²) in [5, 5.41) is 3.58. The lowest BCUT2D eigenvalue weighted by atomic mass is 10.1. The van der Waals surface area contributed by atoms with E-state index < -0.39 is 0 Å². The molecule has 1 aromatic heterocycles. The van der Waals surface area contributed by atoms with Gasteiger partial charge < -0.3 is 10.1 Å². The van der Waals surface area contributed by atoms with Crippen LogP contribution in [0.5, 0.6) is 5.75 Å². The third-order valence-electron chi connectivity index (χ3n) is 2.87. The molecule has 0 amide bonds. The van der Waals surface area contributed by atoms with Gasteiger partial charge in [-0.2, -0.15) is 4.37 Å². The lowest BCUT2D eigenvalue weighted by Crippen LogP contribution is -2.24. The zero-order chi connectivity index (χ0) is 14.2. The Morgan fingerprint density at radius 2 is 2.25 bits per heavy atom. The molecule has 2 rings (SSSR count). The first-order valence-electron chi connectivity index (χ1n) is 6.61. The molecule has 2 aromatic rings. The Hall–Kier alpha value is -1.11. The fraction of sp³-hybridized carbons (Fsp3) is 0.429. The highest BCUT2D eigenvalue weighted by atomic mass is 32.2. The van der Waals surface area contributed by atoms with Crippen LogP contribution in [-0.4, -0.2) is 28.8 Å². The molecule has 1 atom stereocenters. The van der Waals surface area contributed by atoms with E-state index in [1.54, 1.807) is 25.2 Å². The van der Waals surface area contributed by atoms with Gasteiger partial charge in [0.1, 0.15) is 12.1 Å². The van der Waals surface area contributed by atoms with Gasteiger partial charge in [0.05, 0.1) is 7.11 Å². The monoisotopic (exact) mass is 309 g/mol. The molecule has 0 spiro atoms. The number of hydrogen-bond donors (Lipinski definition) is 1. The summed E-state index contributed by atoms with van der Waals surface area (Å²) >= 11 is 3.16. The SMILES string of the molecule is CCCNC(CSc1ncns1)c1ccccc1OC. The molecule has 4 nitrogen and oxygen atoms in total. The zero-order valence-corrected chi connectivity index (χ0v) is 13.3. The molecule has 20 heavy (non-hydrogen) atoms. The number of methoxy groups -OCH3 is 1. The topological polar surface area (TPSA) is 47.0 Å². The van der Waals surface area contributed by atoms with Gasteiger partial charge in [-0.1, -0.05) is 36.9 Å². The van der Waals surface area contributed by atoms with Crippen molar-refractivity contribution in [3.05, 3.63) is 36.2 Å². The van der Waals surface area contributed by atoms with Crippen molar-refractivity contribution in [2.45, 2.75) is 23.7 Å². The third-order valence-corrected chi connectivity index (χ3v) is 4.76. The predicted octanol–water partition coefficient (Wildman–Crippen LogP) is 3.38. The van der Waals surface area contributed by atoms with Crippen molar-refractivity contribution in [2.75, 3.05) is 19.4 Å². The minimum Gasteiger partial charge on any atom is -0.496 e. The van der Waals surface area contributed by atoms with E-state index in [2.05, 4.69) is 27.7 Å². The lowest BCUT2D eigenvalue weighted by Gasteiger charge is -2.20. The summed E-state index contributed by atoms with van der Waals surface area (Å²) < 4.78 is 10.5. The Morgan fingerprint density at radius 1 is 1.40 bits per heavy atom. The first-order chi connectivity index (χ1) is 9.85. The van der Waals surface area contributed by atoms with Crippen LogP contribution in [-0.2, 0) is 0 Å². The Bertz CT molecular complexity index is 505. The molecular weight excluding hydrogens is 290 g/mol. The van der Waals surface area contributed by atoms with E-state index in [0.29, 0.717) is 0 Å². The van der Waals surface area contributed by atoms with Crippen molar-refractivity contribution in [3.8, 4) is 5.75 Å². The van der Waals surface area contributed by atoms with Crippen molar-refractivity contribution < 1.29 is 4.74 Å². The number of hydrogen-bond acceptors (Lipinski definition) is 6. The molecule has 1 aromatic carbocycles. The summed E-state index contributed by atoms with van der Waals surface area (Å²) in [5.41, 5.74) is 1.19. The van der Waals surface area contributed by atoms with Gasteiger partial charge in [0.25, 0.3) is 0 Å². The molecule has 0 aliphatic heterocycles. The number of rotatable bonds is 8. The van der Waals surface area contributed by atoms with E-state index in [0.717, 1.165) is 28.8 Å². The van der Waals surface area contributed by atoms with Gasteiger partial charge in [-0.05, 0) is 30.6 Å². The van der Waals surface area contributed by atoms with Crippen LogP contribution < -0.4 is 10.1 Å². The summed E-state index contributed by atoms with van der Waals surface area (Å²) in [7, 11) is 1.72. The van der Waals surface area contributed by atoms with Gasteiger partial charge in [-0.3, -0.25) is 0 Å². The van der Waals surface area contributed by atoms with Crippen LogP contribution in [0, 0.1) is 0 Å². The highest BCUT2D eigenvalue weighted by Gasteiger charge is 2.16. The summed E-state index contributed by atoms with van der Waals surface area (Å²) in [6.07, 6.45) is 2.71. The second-order valence-corrected chi connectivity index (χ2v) is 6.31. The van der Waals surface area contributed by atoms with Crippen LogP contribution in [0.3, 0.4) is 0 Å². The van der Waals surface area contributed by atoms with Crippen LogP contribution in [0.4, 0.5) is 0 Å². The van der Waals surface area contributed by atoms with Gasteiger partial charge in [-0.25, -0.2) is 4.98 Å². The van der Waals surface area contributed by atoms with Crippen LogP contribution in [0.25, 0.3) is 0 Å². The number of para-hydroxylation sites is 1. The standard InChI is InChI=1S/C14H19N3OS2/c1-3-8-15-12(9-19-14-16-10-17-20-14)11-6-4-5-7-13(11)18-2/h4-7,10,12,15H,3,8-9H2,1-2H3. The molecule has 1 heterocycles. The number of nitrogens with one attached hydrogen (secondary N) is 1. The molecule has 6 heteroatoms. The maximum atomic E-state index is 5.47. The van der Waals surface area contributed by atoms with Crippen molar-refractivity contribution in [1.82, 2.24) is 14.7 Å². The molecule has 0 saturated carbocycles.